The van der Waals surface area contributed by atoms with E-state index < -0.39 is 0 Å². The second kappa shape index (κ2) is 9.65. The van der Waals surface area contributed by atoms with E-state index in [4.69, 9.17) is 16.6 Å². The van der Waals surface area contributed by atoms with Gasteiger partial charge in [0.15, 0.2) is 0 Å². The summed E-state index contributed by atoms with van der Waals surface area (Å²) >= 11 is 9.40. The van der Waals surface area contributed by atoms with Gasteiger partial charge in [0.2, 0.25) is 5.91 Å². The van der Waals surface area contributed by atoms with Gasteiger partial charge in [0, 0.05) is 15.5 Å². The van der Waals surface area contributed by atoms with Crippen molar-refractivity contribution in [2.45, 2.75) is 37.3 Å². The van der Waals surface area contributed by atoms with Crippen LogP contribution >= 0.6 is 34.7 Å². The van der Waals surface area contributed by atoms with Crippen molar-refractivity contribution in [2.24, 2.45) is 0 Å². The number of nitrogens with zero attached hydrogens (tertiary/aromatic N) is 2. The van der Waals surface area contributed by atoms with Gasteiger partial charge in [-0.2, -0.15) is 5.26 Å². The van der Waals surface area contributed by atoms with Crippen LogP contribution in [0.3, 0.4) is 0 Å². The molecule has 0 spiro atoms. The predicted octanol–water partition coefficient (Wildman–Crippen LogP) is 5.62. The van der Waals surface area contributed by atoms with E-state index in [1.54, 1.807) is 11.3 Å². The number of thiophene rings is 1. The number of benzene rings is 1. The molecule has 1 amide bonds. The van der Waals surface area contributed by atoms with E-state index in [9.17, 15) is 10.1 Å². The average Bonchev–Trinajstić information content (AvgIpc) is 3.29. The van der Waals surface area contributed by atoms with Gasteiger partial charge in [0.05, 0.1) is 23.6 Å². The lowest BCUT2D eigenvalue weighted by atomic mass is 9.86. The molecule has 1 aliphatic rings. The molecule has 4 nitrogen and oxygen atoms in total. The van der Waals surface area contributed by atoms with Crippen LogP contribution in [0.15, 0.2) is 46.8 Å². The molecule has 0 saturated heterocycles. The zero-order valence-corrected chi connectivity index (χ0v) is 18.7. The largest absolute Gasteiger partial charge is 0.350 e. The number of rotatable bonds is 6. The minimum Gasteiger partial charge on any atom is -0.350 e. The molecule has 7 heteroatoms. The van der Waals surface area contributed by atoms with Crippen LogP contribution in [0.1, 0.15) is 34.4 Å². The zero-order valence-electron chi connectivity index (χ0n) is 16.3. The Morgan fingerprint density at radius 2 is 2.00 bits per heavy atom. The van der Waals surface area contributed by atoms with Crippen LogP contribution in [0.4, 0.5) is 0 Å². The van der Waals surface area contributed by atoms with E-state index in [-0.39, 0.29) is 11.7 Å². The Labute approximate surface area is 189 Å². The maximum Gasteiger partial charge on any atom is 0.230 e. The van der Waals surface area contributed by atoms with Gasteiger partial charge in [-0.25, -0.2) is 4.98 Å². The molecule has 30 heavy (non-hydrogen) atoms. The first-order chi connectivity index (χ1) is 14.7. The molecule has 3 aromatic rings. The molecule has 152 valence electrons. The van der Waals surface area contributed by atoms with Crippen molar-refractivity contribution in [2.75, 3.05) is 5.75 Å². The van der Waals surface area contributed by atoms with Gasteiger partial charge in [0.1, 0.15) is 11.1 Å². The van der Waals surface area contributed by atoms with Crippen LogP contribution < -0.4 is 5.32 Å². The number of fused-ring (bicyclic) bond motifs is 1. The molecule has 0 atom stereocenters. The number of nitriles is 1. The fourth-order valence-corrected chi connectivity index (χ4v) is 5.38. The molecule has 4 rings (SSSR count). The topological polar surface area (TPSA) is 65.8 Å². The number of pyridine rings is 1. The third kappa shape index (κ3) is 4.54. The number of carbonyl (C=O) groups is 1. The van der Waals surface area contributed by atoms with Crippen LogP contribution in [-0.2, 0) is 24.2 Å². The van der Waals surface area contributed by atoms with Crippen LogP contribution in [0, 0.1) is 11.3 Å². The summed E-state index contributed by atoms with van der Waals surface area (Å²) in [6.07, 6.45) is 3.88. The maximum atomic E-state index is 12.3. The van der Waals surface area contributed by atoms with Gasteiger partial charge in [-0.05, 0) is 54.3 Å². The Bertz CT molecular complexity index is 1110. The van der Waals surface area contributed by atoms with E-state index in [2.05, 4.69) is 11.4 Å². The molecular formula is C23H20ClN3OS2. The first-order valence-corrected chi connectivity index (χ1v) is 12.0. The Kier molecular flexibility index (Phi) is 6.73. The lowest BCUT2D eigenvalue weighted by Crippen LogP contribution is -2.24. The summed E-state index contributed by atoms with van der Waals surface area (Å²) in [4.78, 5) is 18.3. The highest BCUT2D eigenvalue weighted by Crippen LogP contribution is 2.38. The van der Waals surface area contributed by atoms with Gasteiger partial charge in [-0.15, -0.1) is 11.3 Å². The zero-order chi connectivity index (χ0) is 20.9. The van der Waals surface area contributed by atoms with E-state index in [1.165, 1.54) is 11.8 Å². The summed E-state index contributed by atoms with van der Waals surface area (Å²) in [6, 6.07) is 14.0. The minimum absolute atomic E-state index is 0.0731. The van der Waals surface area contributed by atoms with Crippen molar-refractivity contribution < 1.29 is 4.79 Å². The lowest BCUT2D eigenvalue weighted by molar-refractivity contribution is -0.118. The highest BCUT2D eigenvalue weighted by molar-refractivity contribution is 8.00. The van der Waals surface area contributed by atoms with Gasteiger partial charge < -0.3 is 5.32 Å². The standard InChI is InChI=1S/C23H20ClN3OS2/c24-20-10-4-3-9-18(20)22-17-8-2-1-7-16(17)19(12-25)23(27-22)30-14-21(28)26-13-15-6-5-11-29-15/h3-6,9-11H,1-2,7-8,13-14H2,(H,26,28). The molecule has 0 fully saturated rings. The summed E-state index contributed by atoms with van der Waals surface area (Å²) in [5, 5.41) is 16.0. The average molecular weight is 454 g/mol. The maximum absolute atomic E-state index is 12.3. The van der Waals surface area contributed by atoms with E-state index in [1.807, 2.05) is 41.8 Å². The number of thioether (sulfide) groups is 1. The smallest absolute Gasteiger partial charge is 0.230 e. The van der Waals surface area contributed by atoms with Crippen molar-refractivity contribution >= 4 is 40.6 Å². The number of aromatic nitrogens is 1. The predicted molar refractivity (Wildman–Crippen MR) is 123 cm³/mol. The van der Waals surface area contributed by atoms with Gasteiger partial charge in [0.25, 0.3) is 0 Å². The number of hydrogen-bond acceptors (Lipinski definition) is 5. The second-order valence-electron chi connectivity index (χ2n) is 7.04. The lowest BCUT2D eigenvalue weighted by Gasteiger charge is -2.22. The minimum atomic E-state index is -0.0731. The summed E-state index contributed by atoms with van der Waals surface area (Å²) in [6.45, 7) is 0.519. The fourth-order valence-electron chi connectivity index (χ4n) is 3.68. The Hall–Kier alpha value is -2.33. The van der Waals surface area contributed by atoms with Crippen molar-refractivity contribution in [1.82, 2.24) is 10.3 Å². The summed E-state index contributed by atoms with van der Waals surface area (Å²) in [5.74, 6) is 0.143. The summed E-state index contributed by atoms with van der Waals surface area (Å²) < 4.78 is 0. The van der Waals surface area contributed by atoms with Gasteiger partial charge in [-0.3, -0.25) is 4.79 Å². The van der Waals surface area contributed by atoms with Crippen molar-refractivity contribution in [1.29, 1.82) is 5.26 Å². The third-order valence-corrected chi connectivity index (χ3v) is 7.28. The summed E-state index contributed by atoms with van der Waals surface area (Å²) in [7, 11) is 0. The first kappa shape index (κ1) is 20.9. The molecule has 0 aliphatic heterocycles. The molecule has 0 saturated carbocycles. The first-order valence-electron chi connectivity index (χ1n) is 9.80. The van der Waals surface area contributed by atoms with Gasteiger partial charge >= 0.3 is 0 Å². The van der Waals surface area contributed by atoms with Crippen LogP contribution in [-0.4, -0.2) is 16.6 Å². The van der Waals surface area contributed by atoms with Crippen molar-refractivity contribution in [3.05, 3.63) is 68.4 Å². The molecule has 2 heterocycles. The second-order valence-corrected chi connectivity index (χ2v) is 9.44. The monoisotopic (exact) mass is 453 g/mol. The molecular weight excluding hydrogens is 434 g/mol. The molecule has 1 aromatic carbocycles. The molecule has 0 radical (unpaired) electrons. The van der Waals surface area contributed by atoms with Crippen LogP contribution in [0.25, 0.3) is 11.3 Å². The highest BCUT2D eigenvalue weighted by atomic mass is 35.5. The molecule has 2 aromatic heterocycles. The molecule has 1 aliphatic carbocycles. The number of nitrogens with one attached hydrogen (secondary N) is 1. The molecule has 0 unspecified atom stereocenters. The van der Waals surface area contributed by atoms with E-state index in [0.717, 1.165) is 52.9 Å². The van der Waals surface area contributed by atoms with Gasteiger partial charge in [-0.1, -0.05) is 47.6 Å². The Morgan fingerprint density at radius 1 is 1.20 bits per heavy atom. The Balaban J connectivity index is 1.62. The molecule has 1 N–H and O–H groups in total. The van der Waals surface area contributed by atoms with Crippen LogP contribution in [0.2, 0.25) is 5.02 Å². The van der Waals surface area contributed by atoms with Crippen molar-refractivity contribution in [3.8, 4) is 17.3 Å². The number of carbonyl (C=O) groups excluding carboxylic acids is 1. The number of halogens is 1. The summed E-state index contributed by atoms with van der Waals surface area (Å²) in [5.41, 5.74) is 4.52. The quantitative estimate of drug-likeness (QED) is 0.491. The molecule has 0 bridgehead atoms. The normalized spacial score (nSPS) is 12.8. The van der Waals surface area contributed by atoms with E-state index >= 15 is 0 Å². The van der Waals surface area contributed by atoms with Crippen LogP contribution in [0.5, 0.6) is 0 Å². The SMILES string of the molecule is N#Cc1c(SCC(=O)NCc2cccs2)nc(-c2ccccc2Cl)c2c1CCCC2. The third-order valence-electron chi connectivity index (χ3n) is 5.10. The number of amides is 1. The number of hydrogen-bond donors (Lipinski definition) is 1. The van der Waals surface area contributed by atoms with Crippen molar-refractivity contribution in [3.63, 3.8) is 0 Å². The highest BCUT2D eigenvalue weighted by Gasteiger charge is 2.24. The fraction of sp³-hybridized carbons (Fsp3) is 0.261. The van der Waals surface area contributed by atoms with E-state index in [0.29, 0.717) is 22.2 Å². The Morgan fingerprint density at radius 3 is 2.73 bits per heavy atom.